The molecule has 0 amide bonds. The van der Waals surface area contributed by atoms with Crippen LogP contribution >= 0.6 is 0 Å². The Kier molecular flexibility index (Phi) is 5.82. The topological polar surface area (TPSA) is 25.8 Å². The van der Waals surface area contributed by atoms with Crippen molar-refractivity contribution in [3.05, 3.63) is 158 Å². The van der Waals surface area contributed by atoms with Crippen molar-refractivity contribution >= 4 is 32.6 Å². The highest BCUT2D eigenvalue weighted by molar-refractivity contribution is 6.07. The Morgan fingerprint density at radius 1 is 0.357 bits per heavy atom. The Hall–Kier alpha value is -5.60. The van der Waals surface area contributed by atoms with Gasteiger partial charge >= 0.3 is 0 Å². The average Bonchev–Trinajstić information content (AvgIpc) is 3.08. The maximum Gasteiger partial charge on any atom is 0.0972 e. The SMILES string of the molecule is c1ccc(-c2cc(-c3ccccc3)cc(-c3ccc(-c4ccc5ccc6cccnc6c5n4)c4ccccc34)c2)cc1. The van der Waals surface area contributed by atoms with Crippen molar-refractivity contribution in [2.24, 2.45) is 0 Å². The highest BCUT2D eigenvalue weighted by atomic mass is 14.8. The van der Waals surface area contributed by atoms with Crippen LogP contribution in [0.2, 0.25) is 0 Å². The Bertz CT molecular complexity index is 2180. The molecule has 2 aromatic heterocycles. The predicted molar refractivity (Wildman–Crippen MR) is 176 cm³/mol. The van der Waals surface area contributed by atoms with Crippen molar-refractivity contribution < 1.29 is 0 Å². The van der Waals surface area contributed by atoms with Crippen molar-refractivity contribution in [2.75, 3.05) is 0 Å². The number of nitrogens with zero attached hydrogens (tertiary/aromatic N) is 2. The van der Waals surface area contributed by atoms with E-state index < -0.39 is 0 Å². The number of hydrogen-bond donors (Lipinski definition) is 0. The Labute approximate surface area is 244 Å². The van der Waals surface area contributed by atoms with Gasteiger partial charge in [-0.2, -0.15) is 0 Å². The second kappa shape index (κ2) is 10.1. The maximum atomic E-state index is 5.17. The lowest BCUT2D eigenvalue weighted by Gasteiger charge is -2.15. The van der Waals surface area contributed by atoms with Gasteiger partial charge in [0.15, 0.2) is 0 Å². The molecule has 6 aromatic carbocycles. The summed E-state index contributed by atoms with van der Waals surface area (Å²) in [5.74, 6) is 0. The summed E-state index contributed by atoms with van der Waals surface area (Å²) in [6, 6.07) is 53.9. The molecule has 0 aliphatic carbocycles. The van der Waals surface area contributed by atoms with Crippen molar-refractivity contribution in [2.45, 2.75) is 0 Å². The van der Waals surface area contributed by atoms with Gasteiger partial charge in [0.25, 0.3) is 0 Å². The fourth-order valence-electron chi connectivity index (χ4n) is 6.03. The molecule has 0 spiro atoms. The van der Waals surface area contributed by atoms with Crippen LogP contribution in [0.4, 0.5) is 0 Å². The smallest absolute Gasteiger partial charge is 0.0972 e. The molecule has 0 aliphatic heterocycles. The first-order valence-electron chi connectivity index (χ1n) is 14.2. The molecule has 2 heteroatoms. The van der Waals surface area contributed by atoms with E-state index in [0.29, 0.717) is 0 Å². The number of fused-ring (bicyclic) bond motifs is 4. The van der Waals surface area contributed by atoms with Crippen LogP contribution in [0.5, 0.6) is 0 Å². The van der Waals surface area contributed by atoms with Gasteiger partial charge in [0.2, 0.25) is 0 Å². The van der Waals surface area contributed by atoms with E-state index in [0.717, 1.165) is 33.1 Å². The average molecular weight is 535 g/mol. The Morgan fingerprint density at radius 3 is 1.60 bits per heavy atom. The zero-order valence-corrected chi connectivity index (χ0v) is 22.9. The van der Waals surface area contributed by atoms with Crippen LogP contribution in [-0.2, 0) is 0 Å². The van der Waals surface area contributed by atoms with Gasteiger partial charge in [-0.25, -0.2) is 4.98 Å². The van der Waals surface area contributed by atoms with Gasteiger partial charge in [0, 0.05) is 22.5 Å². The third kappa shape index (κ3) is 4.22. The minimum Gasteiger partial charge on any atom is -0.254 e. The lowest BCUT2D eigenvalue weighted by Crippen LogP contribution is -1.91. The summed E-state index contributed by atoms with van der Waals surface area (Å²) in [5, 5.41) is 4.58. The molecule has 0 unspecified atom stereocenters. The van der Waals surface area contributed by atoms with Crippen LogP contribution in [0, 0.1) is 0 Å². The first-order chi connectivity index (χ1) is 20.8. The maximum absolute atomic E-state index is 5.17. The summed E-state index contributed by atoms with van der Waals surface area (Å²) in [7, 11) is 0. The highest BCUT2D eigenvalue weighted by Gasteiger charge is 2.14. The summed E-state index contributed by atoms with van der Waals surface area (Å²) < 4.78 is 0. The number of pyridine rings is 2. The van der Waals surface area contributed by atoms with Crippen molar-refractivity contribution in [3.8, 4) is 44.6 Å². The van der Waals surface area contributed by atoms with Crippen molar-refractivity contribution in [1.82, 2.24) is 9.97 Å². The molecule has 0 N–H and O–H groups in total. The summed E-state index contributed by atoms with van der Waals surface area (Å²) in [4.78, 5) is 9.84. The molecule has 0 aliphatic rings. The second-order valence-electron chi connectivity index (χ2n) is 10.6. The van der Waals surface area contributed by atoms with Gasteiger partial charge in [0.1, 0.15) is 0 Å². The van der Waals surface area contributed by atoms with Gasteiger partial charge in [-0.3, -0.25) is 4.98 Å². The first kappa shape index (κ1) is 24.2. The van der Waals surface area contributed by atoms with Crippen LogP contribution < -0.4 is 0 Å². The molecule has 8 aromatic rings. The molecule has 196 valence electrons. The molecule has 8 rings (SSSR count). The number of hydrogen-bond acceptors (Lipinski definition) is 2. The first-order valence-corrected chi connectivity index (χ1v) is 14.2. The van der Waals surface area contributed by atoms with Crippen molar-refractivity contribution in [3.63, 3.8) is 0 Å². The minimum atomic E-state index is 0.932. The van der Waals surface area contributed by atoms with Gasteiger partial charge < -0.3 is 0 Å². The van der Waals surface area contributed by atoms with E-state index in [9.17, 15) is 0 Å². The van der Waals surface area contributed by atoms with E-state index in [1.54, 1.807) is 0 Å². The molecule has 0 saturated carbocycles. The zero-order chi connectivity index (χ0) is 27.9. The molecule has 42 heavy (non-hydrogen) atoms. The largest absolute Gasteiger partial charge is 0.254 e. The fraction of sp³-hybridized carbons (Fsp3) is 0. The molecule has 0 bridgehead atoms. The van der Waals surface area contributed by atoms with E-state index in [1.165, 1.54) is 44.2 Å². The third-order valence-electron chi connectivity index (χ3n) is 8.09. The number of aromatic nitrogens is 2. The minimum absolute atomic E-state index is 0.932. The number of benzene rings is 6. The third-order valence-corrected chi connectivity index (χ3v) is 8.09. The molecule has 2 heterocycles. The van der Waals surface area contributed by atoms with E-state index in [1.807, 2.05) is 12.3 Å². The highest BCUT2D eigenvalue weighted by Crippen LogP contribution is 2.39. The molecule has 0 radical (unpaired) electrons. The Morgan fingerprint density at radius 2 is 0.905 bits per heavy atom. The van der Waals surface area contributed by atoms with Crippen LogP contribution in [-0.4, -0.2) is 9.97 Å². The monoisotopic (exact) mass is 534 g/mol. The van der Waals surface area contributed by atoms with Gasteiger partial charge in [-0.05, 0) is 74.5 Å². The van der Waals surface area contributed by atoms with Crippen molar-refractivity contribution in [1.29, 1.82) is 0 Å². The summed E-state index contributed by atoms with van der Waals surface area (Å²) in [5.41, 5.74) is 11.2. The van der Waals surface area contributed by atoms with E-state index in [-0.39, 0.29) is 0 Å². The predicted octanol–water partition coefficient (Wildman–Crippen LogP) is 10.6. The van der Waals surface area contributed by atoms with Crippen LogP contribution in [0.25, 0.3) is 77.2 Å². The van der Waals surface area contributed by atoms with Gasteiger partial charge in [0.05, 0.1) is 16.7 Å². The van der Waals surface area contributed by atoms with E-state index in [2.05, 4.69) is 151 Å². The lowest BCUT2D eigenvalue weighted by molar-refractivity contribution is 1.37. The standard InChI is InChI=1S/C40H26N2/c1-3-10-27(11-4-1)31-24-32(28-12-5-2-6-13-28)26-33(25-31)34-20-21-37(36-16-8-7-15-35(34)36)38-22-19-30-18-17-29-14-9-23-41-39(29)40(30)42-38/h1-26H. The van der Waals surface area contributed by atoms with Gasteiger partial charge in [-0.1, -0.05) is 121 Å². The number of rotatable bonds is 4. The molecule has 0 atom stereocenters. The lowest BCUT2D eigenvalue weighted by atomic mass is 9.89. The van der Waals surface area contributed by atoms with Gasteiger partial charge in [-0.15, -0.1) is 0 Å². The van der Waals surface area contributed by atoms with E-state index >= 15 is 0 Å². The molecule has 0 fully saturated rings. The van der Waals surface area contributed by atoms with Crippen LogP contribution in [0.1, 0.15) is 0 Å². The van der Waals surface area contributed by atoms with Crippen LogP contribution in [0.15, 0.2) is 158 Å². The molecular formula is C40H26N2. The Balaban J connectivity index is 1.33. The summed E-state index contributed by atoms with van der Waals surface area (Å²) in [6.45, 7) is 0. The zero-order valence-electron chi connectivity index (χ0n) is 22.9. The molecule has 2 nitrogen and oxygen atoms in total. The molecule has 0 saturated heterocycles. The normalized spacial score (nSPS) is 11.3. The second-order valence-corrected chi connectivity index (χ2v) is 10.6. The van der Waals surface area contributed by atoms with E-state index in [4.69, 9.17) is 4.98 Å². The van der Waals surface area contributed by atoms with Crippen LogP contribution in [0.3, 0.4) is 0 Å². The quantitative estimate of drug-likeness (QED) is 0.210. The summed E-state index contributed by atoms with van der Waals surface area (Å²) >= 11 is 0. The molecular weight excluding hydrogens is 508 g/mol. The fourth-order valence-corrected chi connectivity index (χ4v) is 6.03. The summed E-state index contributed by atoms with van der Waals surface area (Å²) in [6.07, 6.45) is 1.84.